The fourth-order valence-corrected chi connectivity index (χ4v) is 6.25. The molecule has 1 aromatic carbocycles. The molecule has 3 aliphatic rings. The summed E-state index contributed by atoms with van der Waals surface area (Å²) in [6, 6.07) is 4.79. The summed E-state index contributed by atoms with van der Waals surface area (Å²) in [5, 5.41) is 12.2. The molecule has 11 nitrogen and oxygen atoms in total. The van der Waals surface area contributed by atoms with Crippen molar-refractivity contribution in [3.63, 3.8) is 0 Å². The largest absolute Gasteiger partial charge is 0.339 e. The summed E-state index contributed by atoms with van der Waals surface area (Å²) >= 11 is 0. The second-order valence-electron chi connectivity index (χ2n) is 13.2. The zero-order valence-electron chi connectivity index (χ0n) is 27.6. The summed E-state index contributed by atoms with van der Waals surface area (Å²) in [6.45, 7) is 8.24. The lowest BCUT2D eigenvalue weighted by Gasteiger charge is -2.33. The van der Waals surface area contributed by atoms with Gasteiger partial charge in [0.15, 0.2) is 5.67 Å². The Balaban J connectivity index is 1.37. The molecule has 47 heavy (non-hydrogen) atoms. The molecule has 1 atom stereocenters. The summed E-state index contributed by atoms with van der Waals surface area (Å²) in [5.74, 6) is -2.68. The van der Waals surface area contributed by atoms with E-state index in [1.807, 2.05) is 14.0 Å². The first-order valence-corrected chi connectivity index (χ1v) is 16.5. The number of likely N-dealkylation sites (N-methyl/N-ethyl adjacent to an activating group) is 1. The lowest BCUT2D eigenvalue weighted by Crippen LogP contribution is -2.50. The van der Waals surface area contributed by atoms with Crippen LogP contribution in [0, 0.1) is 17.7 Å². The van der Waals surface area contributed by atoms with Crippen molar-refractivity contribution in [2.45, 2.75) is 77.6 Å². The first kappa shape index (κ1) is 34.2. The summed E-state index contributed by atoms with van der Waals surface area (Å²) in [7, 11) is 1.95. The number of hydrogen-bond acceptors (Lipinski definition) is 6. The van der Waals surface area contributed by atoms with Gasteiger partial charge in [-0.3, -0.25) is 23.9 Å². The Hall–Kier alpha value is -4.13. The molecule has 1 saturated heterocycles. The van der Waals surface area contributed by atoms with Gasteiger partial charge in [-0.25, -0.2) is 8.78 Å². The molecule has 0 bridgehead atoms. The third-order valence-electron chi connectivity index (χ3n) is 9.72. The zero-order valence-corrected chi connectivity index (χ0v) is 27.6. The average Bonchev–Trinajstić information content (AvgIpc) is 3.63. The van der Waals surface area contributed by atoms with Crippen molar-refractivity contribution < 1.29 is 28.0 Å². The van der Waals surface area contributed by atoms with Gasteiger partial charge in [0.1, 0.15) is 23.3 Å². The van der Waals surface area contributed by atoms with Crippen molar-refractivity contribution in [1.82, 2.24) is 30.2 Å². The number of anilines is 1. The SMILES string of the molecule is CCn1nccc1C(=O)N[C@H](C(=O)Nc1ccc(/C(C)=C(/NC(=O)C2(F)CC2)C(=O)N2CCN(C)CC2)cc1F)C1CCC(C)CC1. The van der Waals surface area contributed by atoms with Gasteiger partial charge in [-0.2, -0.15) is 5.10 Å². The van der Waals surface area contributed by atoms with Crippen LogP contribution in [-0.2, 0) is 20.9 Å². The topological polar surface area (TPSA) is 129 Å². The molecule has 2 aliphatic carbocycles. The molecule has 0 spiro atoms. The number of amides is 4. The van der Waals surface area contributed by atoms with Crippen LogP contribution in [0.15, 0.2) is 36.2 Å². The van der Waals surface area contributed by atoms with E-state index >= 15 is 4.39 Å². The summed E-state index contributed by atoms with van der Waals surface area (Å²) in [6.07, 6.45) is 5.02. The third-order valence-corrected chi connectivity index (χ3v) is 9.72. The van der Waals surface area contributed by atoms with Crippen LogP contribution in [0.3, 0.4) is 0 Å². The molecule has 3 fully saturated rings. The van der Waals surface area contributed by atoms with Crippen LogP contribution in [0.25, 0.3) is 5.57 Å². The first-order valence-electron chi connectivity index (χ1n) is 16.5. The van der Waals surface area contributed by atoms with Gasteiger partial charge < -0.3 is 25.8 Å². The number of allylic oxidation sites excluding steroid dienone is 1. The maximum absolute atomic E-state index is 15.7. The molecular weight excluding hydrogens is 608 g/mol. The lowest BCUT2D eigenvalue weighted by atomic mass is 9.79. The molecule has 13 heteroatoms. The number of rotatable bonds is 10. The Morgan fingerprint density at radius 1 is 1.04 bits per heavy atom. The molecule has 3 N–H and O–H groups in total. The molecule has 1 aliphatic heterocycles. The van der Waals surface area contributed by atoms with Crippen molar-refractivity contribution in [2.24, 2.45) is 11.8 Å². The monoisotopic (exact) mass is 653 g/mol. The van der Waals surface area contributed by atoms with E-state index in [0.29, 0.717) is 49.9 Å². The highest BCUT2D eigenvalue weighted by Gasteiger charge is 2.51. The van der Waals surface area contributed by atoms with Gasteiger partial charge >= 0.3 is 0 Å². The maximum atomic E-state index is 15.7. The van der Waals surface area contributed by atoms with Crippen molar-refractivity contribution in [1.29, 1.82) is 0 Å². The quantitative estimate of drug-likeness (QED) is 0.336. The van der Waals surface area contributed by atoms with E-state index in [9.17, 15) is 23.6 Å². The van der Waals surface area contributed by atoms with E-state index in [-0.39, 0.29) is 35.7 Å². The Labute approximate surface area is 274 Å². The highest BCUT2D eigenvalue weighted by atomic mass is 19.1. The number of carbonyl (C=O) groups excluding carboxylic acids is 4. The number of benzene rings is 1. The van der Waals surface area contributed by atoms with Gasteiger partial charge in [-0.15, -0.1) is 0 Å². The second-order valence-corrected chi connectivity index (χ2v) is 13.2. The van der Waals surface area contributed by atoms with E-state index in [4.69, 9.17) is 0 Å². The number of hydrogen-bond donors (Lipinski definition) is 3. The Kier molecular flexibility index (Phi) is 10.4. The van der Waals surface area contributed by atoms with Gasteiger partial charge in [-0.05, 0) is 87.7 Å². The summed E-state index contributed by atoms with van der Waals surface area (Å²) in [4.78, 5) is 56.8. The van der Waals surface area contributed by atoms with Crippen LogP contribution in [0.5, 0.6) is 0 Å². The van der Waals surface area contributed by atoms with Crippen LogP contribution < -0.4 is 16.0 Å². The molecule has 0 radical (unpaired) electrons. The molecular formula is C34H45F2N7O4. The number of aromatic nitrogens is 2. The highest BCUT2D eigenvalue weighted by Crippen LogP contribution is 2.40. The number of aryl methyl sites for hydroxylation is 1. The van der Waals surface area contributed by atoms with Crippen molar-refractivity contribution in [2.75, 3.05) is 38.5 Å². The van der Waals surface area contributed by atoms with Crippen LogP contribution >= 0.6 is 0 Å². The smallest absolute Gasteiger partial charge is 0.270 e. The fourth-order valence-electron chi connectivity index (χ4n) is 6.25. The molecule has 5 rings (SSSR count). The second kappa shape index (κ2) is 14.3. The predicted molar refractivity (Wildman–Crippen MR) is 173 cm³/mol. The standard InChI is InChI=1S/C34H45F2N7O4/c1-5-43-27(12-15-37-43)30(44)39-29(23-8-6-21(2)7-9-23)31(45)38-26-11-10-24(20-25(26)35)22(3)28(40-33(47)34(36)13-14-34)32(46)42-18-16-41(4)17-19-42/h10-12,15,20-21,23,29H,5-9,13-14,16-19H2,1-4H3,(H,38,45)(H,39,44)(H,40,47)/b28-22+/t21?,23?,29-/m0/s1. The Morgan fingerprint density at radius 3 is 2.34 bits per heavy atom. The minimum Gasteiger partial charge on any atom is -0.339 e. The van der Waals surface area contributed by atoms with Crippen LogP contribution in [0.2, 0.25) is 0 Å². The lowest BCUT2D eigenvalue weighted by molar-refractivity contribution is -0.132. The number of piperazine rings is 1. The van der Waals surface area contributed by atoms with Gasteiger partial charge in [-0.1, -0.05) is 25.8 Å². The predicted octanol–water partition coefficient (Wildman–Crippen LogP) is 3.73. The van der Waals surface area contributed by atoms with E-state index in [1.54, 1.807) is 22.6 Å². The number of halogens is 2. The van der Waals surface area contributed by atoms with E-state index in [0.717, 1.165) is 25.7 Å². The first-order chi connectivity index (χ1) is 22.4. The van der Waals surface area contributed by atoms with Gasteiger partial charge in [0, 0.05) is 38.9 Å². The van der Waals surface area contributed by atoms with Gasteiger partial charge in [0.05, 0.1) is 5.69 Å². The highest BCUT2D eigenvalue weighted by molar-refractivity contribution is 6.06. The van der Waals surface area contributed by atoms with Crippen molar-refractivity contribution in [3.8, 4) is 0 Å². The minimum atomic E-state index is -2.01. The number of alkyl halides is 1. The van der Waals surface area contributed by atoms with Gasteiger partial charge in [0.25, 0.3) is 17.7 Å². The fraction of sp³-hybridized carbons (Fsp3) is 0.559. The van der Waals surface area contributed by atoms with E-state index in [2.05, 4.69) is 32.9 Å². The Morgan fingerprint density at radius 2 is 1.72 bits per heavy atom. The van der Waals surface area contributed by atoms with E-state index in [1.165, 1.54) is 24.4 Å². The minimum absolute atomic E-state index is 0.0838. The normalized spacial score (nSPS) is 22.1. The average molecular weight is 654 g/mol. The molecule has 2 heterocycles. The molecule has 2 aromatic rings. The van der Waals surface area contributed by atoms with Crippen molar-refractivity contribution >= 4 is 34.9 Å². The van der Waals surface area contributed by atoms with Crippen LogP contribution in [-0.4, -0.2) is 88.1 Å². The Bertz CT molecular complexity index is 1540. The zero-order chi connectivity index (χ0) is 33.9. The molecule has 2 saturated carbocycles. The summed E-state index contributed by atoms with van der Waals surface area (Å²) in [5.41, 5.74) is -1.29. The molecule has 1 aromatic heterocycles. The third kappa shape index (κ3) is 7.89. The number of carbonyl (C=O) groups is 4. The summed E-state index contributed by atoms with van der Waals surface area (Å²) < 4.78 is 31.8. The van der Waals surface area contributed by atoms with E-state index < -0.39 is 41.2 Å². The van der Waals surface area contributed by atoms with Crippen LogP contribution in [0.4, 0.5) is 14.5 Å². The molecule has 4 amide bonds. The number of nitrogens with zero attached hydrogens (tertiary/aromatic N) is 4. The maximum Gasteiger partial charge on any atom is 0.270 e. The van der Waals surface area contributed by atoms with Gasteiger partial charge in [0.2, 0.25) is 5.91 Å². The molecule has 254 valence electrons. The number of nitrogens with one attached hydrogen (secondary N) is 3. The molecule has 0 unspecified atom stereocenters. The van der Waals surface area contributed by atoms with Crippen molar-refractivity contribution in [3.05, 3.63) is 53.2 Å². The van der Waals surface area contributed by atoms with Crippen LogP contribution in [0.1, 0.15) is 75.3 Å².